The van der Waals surface area contributed by atoms with Crippen molar-refractivity contribution < 1.29 is 14.3 Å². The van der Waals surface area contributed by atoms with Crippen molar-refractivity contribution in [1.82, 2.24) is 9.80 Å². The fourth-order valence-electron chi connectivity index (χ4n) is 3.61. The molecule has 5 heteroatoms. The Morgan fingerprint density at radius 3 is 2.62 bits per heavy atom. The number of carbonyl (C=O) groups is 2. The molecular formula is C19H24N2O3. The molecule has 5 nitrogen and oxygen atoms in total. The van der Waals surface area contributed by atoms with Crippen LogP contribution in [0.5, 0.6) is 5.75 Å². The van der Waals surface area contributed by atoms with Gasteiger partial charge in [0.15, 0.2) is 0 Å². The van der Waals surface area contributed by atoms with Crippen LogP contribution in [0.1, 0.15) is 41.6 Å². The van der Waals surface area contributed by atoms with E-state index in [-0.39, 0.29) is 17.7 Å². The molecule has 0 aromatic heterocycles. The number of hydrogen-bond acceptors (Lipinski definition) is 3. The van der Waals surface area contributed by atoms with Crippen LogP contribution in [0.4, 0.5) is 0 Å². The first kappa shape index (κ1) is 15.5. The third-order valence-electron chi connectivity index (χ3n) is 5.18. The molecule has 2 fully saturated rings. The summed E-state index contributed by atoms with van der Waals surface area (Å²) < 4.78 is 5.62. The summed E-state index contributed by atoms with van der Waals surface area (Å²) in [6, 6.07) is 5.77. The van der Waals surface area contributed by atoms with Crippen LogP contribution in [0, 0.1) is 5.92 Å². The van der Waals surface area contributed by atoms with Crippen molar-refractivity contribution in [2.45, 2.75) is 32.1 Å². The summed E-state index contributed by atoms with van der Waals surface area (Å²) in [5.74, 6) is 1.53. The van der Waals surface area contributed by atoms with Gasteiger partial charge in [-0.1, -0.05) is 0 Å². The quantitative estimate of drug-likeness (QED) is 0.835. The smallest absolute Gasteiger partial charge is 0.253 e. The second kappa shape index (κ2) is 6.46. The Morgan fingerprint density at radius 2 is 1.79 bits per heavy atom. The summed E-state index contributed by atoms with van der Waals surface area (Å²) in [6.45, 7) is 3.55. The minimum Gasteiger partial charge on any atom is -0.493 e. The predicted octanol–water partition coefficient (Wildman–Crippen LogP) is 2.10. The highest BCUT2D eigenvalue weighted by atomic mass is 16.5. The first-order chi connectivity index (χ1) is 11.7. The van der Waals surface area contributed by atoms with Crippen LogP contribution in [0.3, 0.4) is 0 Å². The minimum atomic E-state index is 0.0732. The van der Waals surface area contributed by atoms with E-state index in [9.17, 15) is 9.59 Å². The SMILES string of the molecule is O=C(c1ccc2c(c1)CCCO2)N1CCCN(C(=O)C2CC2)CC1. The highest BCUT2D eigenvalue weighted by Crippen LogP contribution is 2.31. The molecule has 2 amide bonds. The molecule has 1 saturated carbocycles. The van der Waals surface area contributed by atoms with Crippen LogP contribution >= 0.6 is 0 Å². The lowest BCUT2D eigenvalue weighted by Gasteiger charge is -2.23. The van der Waals surface area contributed by atoms with Crippen LogP contribution in [0.2, 0.25) is 0 Å². The first-order valence-electron chi connectivity index (χ1n) is 9.06. The highest BCUT2D eigenvalue weighted by molar-refractivity contribution is 5.94. The van der Waals surface area contributed by atoms with E-state index in [1.165, 1.54) is 0 Å². The van der Waals surface area contributed by atoms with Crippen molar-refractivity contribution in [3.05, 3.63) is 29.3 Å². The Kier molecular flexibility index (Phi) is 4.17. The standard InChI is InChI=1S/C19H24N2O3/c22-18(14-4-5-14)20-8-2-9-21(11-10-20)19(23)16-6-7-17-15(13-16)3-1-12-24-17/h6-7,13-14H,1-5,8-12H2. The Labute approximate surface area is 142 Å². The zero-order valence-electron chi connectivity index (χ0n) is 14.0. The van der Waals surface area contributed by atoms with Crippen molar-refractivity contribution in [1.29, 1.82) is 0 Å². The number of aryl methyl sites for hydroxylation is 1. The van der Waals surface area contributed by atoms with E-state index < -0.39 is 0 Å². The molecule has 0 unspecified atom stereocenters. The molecule has 1 aliphatic carbocycles. The Hall–Kier alpha value is -2.04. The van der Waals surface area contributed by atoms with Gasteiger partial charge >= 0.3 is 0 Å². The topological polar surface area (TPSA) is 49.9 Å². The fourth-order valence-corrected chi connectivity index (χ4v) is 3.61. The van der Waals surface area contributed by atoms with Crippen molar-refractivity contribution in [3.8, 4) is 5.75 Å². The largest absolute Gasteiger partial charge is 0.493 e. The van der Waals surface area contributed by atoms with Gasteiger partial charge in [0.2, 0.25) is 5.91 Å². The van der Waals surface area contributed by atoms with Gasteiger partial charge in [0.05, 0.1) is 6.61 Å². The number of fused-ring (bicyclic) bond motifs is 1. The molecule has 1 aromatic carbocycles. The lowest BCUT2D eigenvalue weighted by molar-refractivity contribution is -0.132. The van der Waals surface area contributed by atoms with E-state index in [0.717, 1.165) is 68.7 Å². The van der Waals surface area contributed by atoms with Crippen LogP contribution in [-0.2, 0) is 11.2 Å². The number of benzene rings is 1. The van der Waals surface area contributed by atoms with Crippen molar-refractivity contribution in [2.75, 3.05) is 32.8 Å². The number of ether oxygens (including phenoxy) is 1. The first-order valence-corrected chi connectivity index (χ1v) is 9.06. The lowest BCUT2D eigenvalue weighted by atomic mass is 10.0. The van der Waals surface area contributed by atoms with Gasteiger partial charge in [-0.15, -0.1) is 0 Å². The number of amides is 2. The van der Waals surface area contributed by atoms with Crippen LogP contribution in [0.25, 0.3) is 0 Å². The van der Waals surface area contributed by atoms with Gasteiger partial charge in [-0.3, -0.25) is 9.59 Å². The maximum Gasteiger partial charge on any atom is 0.253 e. The maximum absolute atomic E-state index is 12.8. The summed E-state index contributed by atoms with van der Waals surface area (Å²) in [5.41, 5.74) is 1.87. The molecule has 0 atom stereocenters. The van der Waals surface area contributed by atoms with Gasteiger partial charge in [0.1, 0.15) is 5.75 Å². The molecule has 0 bridgehead atoms. The van der Waals surface area contributed by atoms with E-state index in [4.69, 9.17) is 4.74 Å². The van der Waals surface area contributed by atoms with Crippen LogP contribution in [-0.4, -0.2) is 54.4 Å². The molecule has 0 radical (unpaired) electrons. The van der Waals surface area contributed by atoms with Crippen molar-refractivity contribution in [3.63, 3.8) is 0 Å². The molecule has 3 aliphatic rings. The molecule has 4 rings (SSSR count). The Morgan fingerprint density at radius 1 is 1.00 bits per heavy atom. The van der Waals surface area contributed by atoms with E-state index >= 15 is 0 Å². The molecule has 2 aliphatic heterocycles. The van der Waals surface area contributed by atoms with E-state index in [2.05, 4.69) is 0 Å². The zero-order valence-corrected chi connectivity index (χ0v) is 14.0. The summed E-state index contributed by atoms with van der Waals surface area (Å²) in [4.78, 5) is 28.9. The maximum atomic E-state index is 12.8. The normalized spacial score (nSPS) is 20.8. The third kappa shape index (κ3) is 3.12. The lowest BCUT2D eigenvalue weighted by Crippen LogP contribution is -2.38. The molecule has 2 heterocycles. The summed E-state index contributed by atoms with van der Waals surface area (Å²) in [5, 5.41) is 0. The monoisotopic (exact) mass is 328 g/mol. The number of nitrogens with zero attached hydrogens (tertiary/aromatic N) is 2. The van der Waals surface area contributed by atoms with E-state index in [1.807, 2.05) is 28.0 Å². The fraction of sp³-hybridized carbons (Fsp3) is 0.579. The van der Waals surface area contributed by atoms with Gasteiger partial charge in [-0.2, -0.15) is 0 Å². The van der Waals surface area contributed by atoms with Gasteiger partial charge in [0, 0.05) is 37.7 Å². The molecule has 1 saturated heterocycles. The number of rotatable bonds is 2. The van der Waals surface area contributed by atoms with Crippen molar-refractivity contribution in [2.24, 2.45) is 5.92 Å². The zero-order chi connectivity index (χ0) is 16.5. The van der Waals surface area contributed by atoms with E-state index in [1.54, 1.807) is 0 Å². The Bertz CT molecular complexity index is 654. The van der Waals surface area contributed by atoms with E-state index in [0.29, 0.717) is 13.1 Å². The van der Waals surface area contributed by atoms with Gasteiger partial charge in [0.25, 0.3) is 5.91 Å². The molecule has 0 N–H and O–H groups in total. The number of hydrogen-bond donors (Lipinski definition) is 0. The average molecular weight is 328 g/mol. The third-order valence-corrected chi connectivity index (χ3v) is 5.18. The minimum absolute atomic E-state index is 0.0732. The van der Waals surface area contributed by atoms with Crippen LogP contribution in [0.15, 0.2) is 18.2 Å². The molecule has 128 valence electrons. The van der Waals surface area contributed by atoms with Gasteiger partial charge in [-0.05, 0) is 55.9 Å². The van der Waals surface area contributed by atoms with Gasteiger partial charge < -0.3 is 14.5 Å². The predicted molar refractivity (Wildman–Crippen MR) is 90.1 cm³/mol. The van der Waals surface area contributed by atoms with Gasteiger partial charge in [-0.25, -0.2) is 0 Å². The summed E-state index contributed by atoms with van der Waals surface area (Å²) >= 11 is 0. The highest BCUT2D eigenvalue weighted by Gasteiger charge is 2.34. The molecule has 0 spiro atoms. The summed E-state index contributed by atoms with van der Waals surface area (Å²) in [7, 11) is 0. The molecule has 24 heavy (non-hydrogen) atoms. The number of carbonyl (C=O) groups excluding carboxylic acids is 2. The van der Waals surface area contributed by atoms with Crippen LogP contribution < -0.4 is 4.74 Å². The Balaban J connectivity index is 1.43. The molecule has 1 aromatic rings. The molecular weight excluding hydrogens is 304 g/mol. The second-order valence-corrected chi connectivity index (χ2v) is 7.02. The van der Waals surface area contributed by atoms with Crippen molar-refractivity contribution >= 4 is 11.8 Å². The average Bonchev–Trinajstić information content (AvgIpc) is 3.46. The second-order valence-electron chi connectivity index (χ2n) is 7.02. The summed E-state index contributed by atoms with van der Waals surface area (Å²) in [6.07, 6.45) is 4.91.